The van der Waals surface area contributed by atoms with E-state index < -0.39 is 0 Å². The van der Waals surface area contributed by atoms with Crippen LogP contribution in [0.2, 0.25) is 0 Å². The molecule has 1 aliphatic heterocycles. The molecular weight excluding hydrogens is 164 g/mol. The van der Waals surface area contributed by atoms with Crippen LogP contribution in [0.3, 0.4) is 0 Å². The quantitative estimate of drug-likeness (QED) is 0.688. The first-order chi connectivity index (χ1) is 6.25. The Hall–Kier alpha value is -0.570. The number of hydrogen-bond acceptors (Lipinski definition) is 2. The molecule has 0 aromatic heterocycles. The zero-order valence-corrected chi connectivity index (χ0v) is 8.25. The first-order valence-electron chi connectivity index (χ1n) is 5.22. The van der Waals surface area contributed by atoms with E-state index in [0.717, 1.165) is 25.9 Å². The van der Waals surface area contributed by atoms with Crippen LogP contribution in [0.1, 0.15) is 19.3 Å². The molecule has 2 aliphatic rings. The Morgan fingerprint density at radius 2 is 2.23 bits per heavy atom. The summed E-state index contributed by atoms with van der Waals surface area (Å²) in [5.74, 6) is 1.33. The number of nitrogens with one attached hydrogen (secondary N) is 1. The molecule has 1 amide bonds. The minimum Gasteiger partial charge on any atom is -0.356 e. The number of nitrogens with zero attached hydrogens (tertiary/aromatic N) is 1. The lowest BCUT2D eigenvalue weighted by Crippen LogP contribution is -2.31. The smallest absolute Gasteiger partial charge is 0.223 e. The third kappa shape index (κ3) is 2.44. The SMILES string of the molecule is CN1CCC(CNC(=O)C2CC2)C1. The predicted octanol–water partition coefficient (Wildman–Crippen LogP) is 0.464. The van der Waals surface area contributed by atoms with Gasteiger partial charge in [0.15, 0.2) is 0 Å². The third-order valence-corrected chi connectivity index (χ3v) is 3.00. The van der Waals surface area contributed by atoms with Crippen molar-refractivity contribution in [1.29, 1.82) is 0 Å². The molecule has 74 valence electrons. The van der Waals surface area contributed by atoms with Gasteiger partial charge in [-0.2, -0.15) is 0 Å². The van der Waals surface area contributed by atoms with Crippen molar-refractivity contribution >= 4 is 5.91 Å². The predicted molar refractivity (Wildman–Crippen MR) is 51.3 cm³/mol. The minimum atomic E-state index is 0.287. The molecule has 1 saturated heterocycles. The highest BCUT2D eigenvalue weighted by molar-refractivity contribution is 5.80. The average molecular weight is 182 g/mol. The van der Waals surface area contributed by atoms with Gasteiger partial charge in [-0.25, -0.2) is 0 Å². The molecule has 0 aromatic rings. The van der Waals surface area contributed by atoms with Crippen LogP contribution in [0.4, 0.5) is 0 Å². The number of carbonyl (C=O) groups is 1. The maximum absolute atomic E-state index is 11.3. The summed E-state index contributed by atoms with van der Waals surface area (Å²) in [5.41, 5.74) is 0. The van der Waals surface area contributed by atoms with Crippen molar-refractivity contribution in [1.82, 2.24) is 10.2 Å². The van der Waals surface area contributed by atoms with E-state index in [1.165, 1.54) is 13.0 Å². The van der Waals surface area contributed by atoms with Crippen LogP contribution in [0.5, 0.6) is 0 Å². The molecular formula is C10H18N2O. The fourth-order valence-corrected chi connectivity index (χ4v) is 1.93. The molecule has 2 rings (SSSR count). The van der Waals surface area contributed by atoms with Gasteiger partial charge >= 0.3 is 0 Å². The normalized spacial score (nSPS) is 29.2. The molecule has 1 aliphatic carbocycles. The lowest BCUT2D eigenvalue weighted by atomic mass is 10.1. The van der Waals surface area contributed by atoms with Crippen molar-refractivity contribution < 1.29 is 4.79 Å². The van der Waals surface area contributed by atoms with Gasteiger partial charge in [-0.15, -0.1) is 0 Å². The topological polar surface area (TPSA) is 32.3 Å². The molecule has 1 heterocycles. The van der Waals surface area contributed by atoms with E-state index in [4.69, 9.17) is 0 Å². The number of rotatable bonds is 3. The van der Waals surface area contributed by atoms with E-state index in [0.29, 0.717) is 11.8 Å². The van der Waals surface area contributed by atoms with Crippen molar-refractivity contribution in [3.63, 3.8) is 0 Å². The van der Waals surface area contributed by atoms with E-state index in [9.17, 15) is 4.79 Å². The van der Waals surface area contributed by atoms with Crippen LogP contribution in [-0.2, 0) is 4.79 Å². The second-order valence-corrected chi connectivity index (χ2v) is 4.44. The van der Waals surface area contributed by atoms with E-state index >= 15 is 0 Å². The first-order valence-corrected chi connectivity index (χ1v) is 5.22. The second-order valence-electron chi connectivity index (χ2n) is 4.44. The molecule has 3 nitrogen and oxygen atoms in total. The molecule has 0 radical (unpaired) electrons. The monoisotopic (exact) mass is 182 g/mol. The summed E-state index contributed by atoms with van der Waals surface area (Å²) in [6.07, 6.45) is 3.45. The zero-order chi connectivity index (χ0) is 9.26. The molecule has 2 fully saturated rings. The Bertz CT molecular complexity index is 201. The Labute approximate surface area is 79.5 Å². The Morgan fingerprint density at radius 3 is 2.77 bits per heavy atom. The number of likely N-dealkylation sites (tertiary alicyclic amines) is 1. The van der Waals surface area contributed by atoms with Gasteiger partial charge in [0.05, 0.1) is 0 Å². The minimum absolute atomic E-state index is 0.287. The largest absolute Gasteiger partial charge is 0.356 e. The van der Waals surface area contributed by atoms with E-state index in [1.807, 2.05) is 0 Å². The maximum Gasteiger partial charge on any atom is 0.223 e. The van der Waals surface area contributed by atoms with Crippen molar-refractivity contribution in [2.45, 2.75) is 19.3 Å². The van der Waals surface area contributed by atoms with Gasteiger partial charge in [0.2, 0.25) is 5.91 Å². The lowest BCUT2D eigenvalue weighted by Gasteiger charge is -2.11. The van der Waals surface area contributed by atoms with Gasteiger partial charge in [0, 0.05) is 19.0 Å². The van der Waals surface area contributed by atoms with Gasteiger partial charge in [-0.05, 0) is 38.8 Å². The van der Waals surface area contributed by atoms with Crippen LogP contribution in [-0.4, -0.2) is 37.5 Å². The molecule has 0 spiro atoms. The summed E-state index contributed by atoms with van der Waals surface area (Å²) in [7, 11) is 2.14. The standard InChI is InChI=1S/C10H18N2O/c1-12-5-4-8(7-12)6-11-10(13)9-2-3-9/h8-9H,2-7H2,1H3,(H,11,13). The van der Waals surface area contributed by atoms with Crippen LogP contribution in [0.15, 0.2) is 0 Å². The molecule has 3 heteroatoms. The highest BCUT2D eigenvalue weighted by atomic mass is 16.2. The Kier molecular flexibility index (Phi) is 2.54. The van der Waals surface area contributed by atoms with Crippen molar-refractivity contribution in [2.24, 2.45) is 11.8 Å². The van der Waals surface area contributed by atoms with Crippen LogP contribution < -0.4 is 5.32 Å². The van der Waals surface area contributed by atoms with Gasteiger partial charge in [-0.3, -0.25) is 4.79 Å². The van der Waals surface area contributed by atoms with E-state index in [-0.39, 0.29) is 5.91 Å². The third-order valence-electron chi connectivity index (χ3n) is 3.00. The Morgan fingerprint density at radius 1 is 1.46 bits per heavy atom. The second kappa shape index (κ2) is 3.66. The number of carbonyl (C=O) groups excluding carboxylic acids is 1. The van der Waals surface area contributed by atoms with Crippen LogP contribution in [0, 0.1) is 11.8 Å². The summed E-state index contributed by atoms with van der Waals surface area (Å²) in [5, 5.41) is 3.04. The summed E-state index contributed by atoms with van der Waals surface area (Å²) in [6, 6.07) is 0. The molecule has 0 bridgehead atoms. The van der Waals surface area contributed by atoms with Gasteiger partial charge < -0.3 is 10.2 Å². The summed E-state index contributed by atoms with van der Waals surface area (Å²) in [6.45, 7) is 3.22. The van der Waals surface area contributed by atoms with Crippen molar-refractivity contribution in [3.8, 4) is 0 Å². The molecule has 1 atom stereocenters. The average Bonchev–Trinajstić information content (AvgIpc) is 2.87. The fraction of sp³-hybridized carbons (Fsp3) is 0.900. The van der Waals surface area contributed by atoms with Crippen LogP contribution >= 0.6 is 0 Å². The van der Waals surface area contributed by atoms with Crippen molar-refractivity contribution in [2.75, 3.05) is 26.7 Å². The fourth-order valence-electron chi connectivity index (χ4n) is 1.93. The van der Waals surface area contributed by atoms with Gasteiger partial charge in [-0.1, -0.05) is 0 Å². The van der Waals surface area contributed by atoms with E-state index in [1.54, 1.807) is 0 Å². The maximum atomic E-state index is 11.3. The molecule has 1 unspecified atom stereocenters. The molecule has 1 N–H and O–H groups in total. The molecule has 13 heavy (non-hydrogen) atoms. The summed E-state index contributed by atoms with van der Waals surface area (Å²) >= 11 is 0. The van der Waals surface area contributed by atoms with Crippen LogP contribution in [0.25, 0.3) is 0 Å². The van der Waals surface area contributed by atoms with Gasteiger partial charge in [0.25, 0.3) is 0 Å². The zero-order valence-electron chi connectivity index (χ0n) is 8.25. The summed E-state index contributed by atoms with van der Waals surface area (Å²) < 4.78 is 0. The van der Waals surface area contributed by atoms with E-state index in [2.05, 4.69) is 17.3 Å². The highest BCUT2D eigenvalue weighted by Crippen LogP contribution is 2.28. The van der Waals surface area contributed by atoms with Gasteiger partial charge in [0.1, 0.15) is 0 Å². The summed E-state index contributed by atoms with van der Waals surface area (Å²) in [4.78, 5) is 13.6. The molecule has 0 aromatic carbocycles. The molecule has 1 saturated carbocycles. The number of amides is 1. The lowest BCUT2D eigenvalue weighted by molar-refractivity contribution is -0.122. The first kappa shape index (κ1) is 9.00. The number of hydrogen-bond donors (Lipinski definition) is 1. The highest BCUT2D eigenvalue weighted by Gasteiger charge is 2.30. The Balaban J connectivity index is 1.64. The van der Waals surface area contributed by atoms with Crippen molar-refractivity contribution in [3.05, 3.63) is 0 Å².